The van der Waals surface area contributed by atoms with Gasteiger partial charge in [0.2, 0.25) is 0 Å². The Morgan fingerprint density at radius 3 is 2.18 bits per heavy atom. The molecule has 0 bridgehead atoms. The predicted molar refractivity (Wildman–Crippen MR) is 116 cm³/mol. The number of nitrogens with one attached hydrogen (secondary N) is 2. The second kappa shape index (κ2) is 9.11. The van der Waals surface area contributed by atoms with Crippen LogP contribution in [0.1, 0.15) is 26.3 Å². The van der Waals surface area contributed by atoms with Gasteiger partial charge in [-0.1, -0.05) is 29.5 Å². The third-order valence-corrected chi connectivity index (χ3v) is 4.82. The Balaban J connectivity index is 1.36. The van der Waals surface area contributed by atoms with Crippen LogP contribution in [0.15, 0.2) is 72.8 Å². The fraction of sp³-hybridized carbons (Fsp3) is 0.130. The normalized spacial score (nSPS) is 11.4. The summed E-state index contributed by atoms with van der Waals surface area (Å²) in [4.78, 5) is 24.3. The van der Waals surface area contributed by atoms with E-state index < -0.39 is 18.6 Å². The number of amides is 2. The van der Waals surface area contributed by atoms with Gasteiger partial charge in [-0.3, -0.25) is 9.59 Å². The smallest absolute Gasteiger partial charge is 0.343 e. The van der Waals surface area contributed by atoms with Crippen molar-refractivity contribution in [1.29, 1.82) is 0 Å². The Bertz CT molecular complexity index is 1280. The van der Waals surface area contributed by atoms with Crippen LogP contribution in [0, 0.1) is 0 Å². The average Bonchev–Trinajstić information content (AvgIpc) is 3.21. The topological polar surface area (TPSA) is 88.9 Å². The molecule has 168 valence electrons. The first-order valence-corrected chi connectivity index (χ1v) is 9.92. The third kappa shape index (κ3) is 5.53. The maximum atomic E-state index is 12.5. The molecule has 0 radical (unpaired) electrons. The van der Waals surface area contributed by atoms with Gasteiger partial charge in [-0.25, -0.2) is 4.68 Å². The molecule has 0 aliphatic rings. The molecule has 7 nitrogen and oxygen atoms in total. The molecule has 0 fully saturated rings. The van der Waals surface area contributed by atoms with Crippen LogP contribution in [0.2, 0.25) is 0 Å². The highest BCUT2D eigenvalue weighted by Crippen LogP contribution is 2.16. The molecule has 33 heavy (non-hydrogen) atoms. The van der Waals surface area contributed by atoms with E-state index in [1.54, 1.807) is 22.1 Å². The minimum absolute atomic E-state index is 0.0576. The van der Waals surface area contributed by atoms with Crippen LogP contribution in [-0.4, -0.2) is 39.5 Å². The molecule has 4 aromatic rings. The largest absolute Gasteiger partial charge is 0.405 e. The number of carbonyl (C=O) groups is 2. The minimum Gasteiger partial charge on any atom is -0.343 e. The number of benzene rings is 3. The number of hydrogen-bond acceptors (Lipinski definition) is 4. The second-order valence-corrected chi connectivity index (χ2v) is 7.26. The van der Waals surface area contributed by atoms with E-state index in [1.807, 2.05) is 36.4 Å². The molecule has 0 aliphatic heterocycles. The van der Waals surface area contributed by atoms with E-state index in [0.29, 0.717) is 17.8 Å². The monoisotopic (exact) mass is 453 g/mol. The molecule has 0 saturated carbocycles. The summed E-state index contributed by atoms with van der Waals surface area (Å²) < 4.78 is 38.4. The van der Waals surface area contributed by atoms with Crippen LogP contribution in [0.4, 0.5) is 18.9 Å². The lowest BCUT2D eigenvalue weighted by atomic mass is 10.1. The molecule has 0 atom stereocenters. The lowest BCUT2D eigenvalue weighted by Crippen LogP contribution is -2.33. The highest BCUT2D eigenvalue weighted by atomic mass is 19.4. The van der Waals surface area contributed by atoms with Crippen LogP contribution in [0.5, 0.6) is 0 Å². The Morgan fingerprint density at radius 1 is 0.848 bits per heavy atom. The number of fused-ring (bicyclic) bond motifs is 1. The first-order chi connectivity index (χ1) is 15.8. The van der Waals surface area contributed by atoms with Gasteiger partial charge in [0.15, 0.2) is 0 Å². The maximum absolute atomic E-state index is 12.5. The fourth-order valence-corrected chi connectivity index (χ4v) is 3.16. The van der Waals surface area contributed by atoms with Crippen molar-refractivity contribution in [2.45, 2.75) is 12.7 Å². The molecule has 0 spiro atoms. The van der Waals surface area contributed by atoms with E-state index >= 15 is 0 Å². The average molecular weight is 453 g/mol. The lowest BCUT2D eigenvalue weighted by molar-refractivity contribution is -0.123. The van der Waals surface area contributed by atoms with Crippen molar-refractivity contribution in [1.82, 2.24) is 20.3 Å². The van der Waals surface area contributed by atoms with Gasteiger partial charge in [0, 0.05) is 16.8 Å². The van der Waals surface area contributed by atoms with Gasteiger partial charge in [-0.15, -0.1) is 5.10 Å². The first-order valence-electron chi connectivity index (χ1n) is 9.92. The molecule has 2 N–H and O–H groups in total. The number of aromatic nitrogens is 3. The summed E-state index contributed by atoms with van der Waals surface area (Å²) in [5.74, 6) is -1.21. The molecule has 1 heterocycles. The van der Waals surface area contributed by atoms with Gasteiger partial charge in [0.25, 0.3) is 11.8 Å². The molecule has 1 aromatic heterocycles. The van der Waals surface area contributed by atoms with Crippen molar-refractivity contribution in [2.24, 2.45) is 0 Å². The molecule has 0 unspecified atom stereocenters. The molecule has 0 saturated heterocycles. The standard InChI is InChI=1S/C23H18F3N5O2/c24-23(25,26)14-27-21(32)16-9-11-18(12-10-16)28-22(33)17-7-5-15(6-8-17)13-31-20-4-2-1-3-19(20)29-30-31/h1-12H,13-14H2,(H,27,32)(H,28,33). The Hall–Kier alpha value is -4.21. The van der Waals surface area contributed by atoms with Gasteiger partial charge in [0.05, 0.1) is 12.1 Å². The van der Waals surface area contributed by atoms with Crippen molar-refractivity contribution in [3.8, 4) is 0 Å². The second-order valence-electron chi connectivity index (χ2n) is 7.26. The molecule has 4 rings (SSSR count). The number of para-hydroxylation sites is 1. The fourth-order valence-electron chi connectivity index (χ4n) is 3.16. The molecule has 3 aromatic carbocycles. The maximum Gasteiger partial charge on any atom is 0.405 e. The quantitative estimate of drug-likeness (QED) is 0.462. The van der Waals surface area contributed by atoms with Crippen LogP contribution >= 0.6 is 0 Å². The minimum atomic E-state index is -4.48. The van der Waals surface area contributed by atoms with Crippen molar-refractivity contribution in [3.63, 3.8) is 0 Å². The molecule has 10 heteroatoms. The number of alkyl halides is 3. The van der Waals surface area contributed by atoms with E-state index in [9.17, 15) is 22.8 Å². The van der Waals surface area contributed by atoms with Gasteiger partial charge in [-0.2, -0.15) is 13.2 Å². The van der Waals surface area contributed by atoms with E-state index in [2.05, 4.69) is 15.6 Å². The van der Waals surface area contributed by atoms with Crippen molar-refractivity contribution in [3.05, 3.63) is 89.5 Å². The van der Waals surface area contributed by atoms with Crippen LogP contribution < -0.4 is 10.6 Å². The summed E-state index contributed by atoms with van der Waals surface area (Å²) in [5.41, 5.74) is 3.55. The first kappa shape index (κ1) is 22.0. The van der Waals surface area contributed by atoms with Crippen LogP contribution in [-0.2, 0) is 6.54 Å². The molecule has 2 amide bonds. The van der Waals surface area contributed by atoms with Gasteiger partial charge in [0.1, 0.15) is 12.1 Å². The number of hydrogen-bond donors (Lipinski definition) is 2. The summed E-state index contributed by atoms with van der Waals surface area (Å²) in [5, 5.41) is 12.8. The van der Waals surface area contributed by atoms with E-state index in [0.717, 1.165) is 16.6 Å². The van der Waals surface area contributed by atoms with E-state index in [-0.39, 0.29) is 11.5 Å². The Labute approximate surface area is 186 Å². The Kier molecular flexibility index (Phi) is 6.07. The van der Waals surface area contributed by atoms with Gasteiger partial charge >= 0.3 is 6.18 Å². The number of halogens is 3. The highest BCUT2D eigenvalue weighted by Gasteiger charge is 2.27. The molecular formula is C23H18F3N5O2. The summed E-state index contributed by atoms with van der Waals surface area (Å²) >= 11 is 0. The predicted octanol–water partition coefficient (Wildman–Crippen LogP) is 4.02. The summed E-state index contributed by atoms with van der Waals surface area (Å²) in [6.45, 7) is -0.909. The zero-order valence-electron chi connectivity index (χ0n) is 17.1. The number of rotatable bonds is 6. The van der Waals surface area contributed by atoms with Crippen LogP contribution in [0.3, 0.4) is 0 Å². The van der Waals surface area contributed by atoms with E-state index in [1.165, 1.54) is 24.3 Å². The zero-order valence-corrected chi connectivity index (χ0v) is 17.1. The molecule has 0 aliphatic carbocycles. The third-order valence-electron chi connectivity index (χ3n) is 4.82. The molecular weight excluding hydrogens is 435 g/mol. The number of anilines is 1. The van der Waals surface area contributed by atoms with E-state index in [4.69, 9.17) is 0 Å². The van der Waals surface area contributed by atoms with Gasteiger partial charge < -0.3 is 10.6 Å². The van der Waals surface area contributed by atoms with Crippen molar-refractivity contribution < 1.29 is 22.8 Å². The summed E-state index contributed by atoms with van der Waals surface area (Å²) in [6.07, 6.45) is -4.48. The van der Waals surface area contributed by atoms with Gasteiger partial charge in [-0.05, 0) is 54.1 Å². The highest BCUT2D eigenvalue weighted by molar-refractivity contribution is 6.04. The zero-order chi connectivity index (χ0) is 23.4. The van der Waals surface area contributed by atoms with Crippen LogP contribution in [0.25, 0.3) is 11.0 Å². The number of nitrogens with zero attached hydrogens (tertiary/aromatic N) is 3. The van der Waals surface area contributed by atoms with Crippen molar-refractivity contribution in [2.75, 3.05) is 11.9 Å². The lowest BCUT2D eigenvalue weighted by Gasteiger charge is -2.09. The number of carbonyl (C=O) groups excluding carboxylic acids is 2. The summed E-state index contributed by atoms with van der Waals surface area (Å²) in [7, 11) is 0. The van der Waals surface area contributed by atoms with Crippen molar-refractivity contribution >= 4 is 28.5 Å². The summed E-state index contributed by atoms with van der Waals surface area (Å²) in [6, 6.07) is 20.2. The Morgan fingerprint density at radius 2 is 1.48 bits per heavy atom. The SMILES string of the molecule is O=C(NCC(F)(F)F)c1ccc(NC(=O)c2ccc(Cn3nnc4ccccc43)cc2)cc1.